The molecule has 0 bridgehead atoms. The van der Waals surface area contributed by atoms with Crippen LogP contribution in [-0.2, 0) is 11.8 Å². The van der Waals surface area contributed by atoms with E-state index in [2.05, 4.69) is 31.5 Å². The highest BCUT2D eigenvalue weighted by atomic mass is 16.5. The summed E-state index contributed by atoms with van der Waals surface area (Å²) < 4.78 is 7.42. The van der Waals surface area contributed by atoms with Crippen LogP contribution in [0.4, 0.5) is 5.69 Å². The Labute approximate surface area is 151 Å². The van der Waals surface area contributed by atoms with Gasteiger partial charge in [0.15, 0.2) is 5.66 Å². The first-order chi connectivity index (χ1) is 12.5. The van der Waals surface area contributed by atoms with E-state index in [1.807, 2.05) is 6.92 Å². The van der Waals surface area contributed by atoms with Gasteiger partial charge in [-0.25, -0.2) is 4.68 Å². The molecular weight excluding hydrogens is 332 g/mol. The van der Waals surface area contributed by atoms with E-state index in [0.717, 1.165) is 0 Å². The molecule has 0 aliphatic carbocycles. The van der Waals surface area contributed by atoms with Gasteiger partial charge < -0.3 is 10.1 Å². The van der Waals surface area contributed by atoms with Crippen molar-refractivity contribution in [2.75, 3.05) is 5.32 Å². The summed E-state index contributed by atoms with van der Waals surface area (Å²) in [4.78, 5) is 16.4. The molecule has 1 N–H and O–H groups in total. The zero-order valence-electron chi connectivity index (χ0n) is 14.8. The fraction of sp³-hybridized carbons (Fsp3) is 0.389. The number of anilines is 1. The molecule has 1 amide bonds. The second kappa shape index (κ2) is 7.35. The average molecular weight is 352 g/mol. The van der Waals surface area contributed by atoms with Crippen LogP contribution in [0.5, 0.6) is 11.6 Å². The van der Waals surface area contributed by atoms with Crippen LogP contribution in [0.3, 0.4) is 0 Å². The van der Waals surface area contributed by atoms with Gasteiger partial charge >= 0.3 is 0 Å². The van der Waals surface area contributed by atoms with E-state index >= 15 is 0 Å². The van der Waals surface area contributed by atoms with Crippen LogP contribution in [0.15, 0.2) is 34.8 Å². The lowest BCUT2D eigenvalue weighted by Crippen LogP contribution is -2.18. The molecule has 3 rings (SSSR count). The summed E-state index contributed by atoms with van der Waals surface area (Å²) in [7, 11) is 1.76. The summed E-state index contributed by atoms with van der Waals surface area (Å²) in [5.41, 5.74) is 0.745. The van der Waals surface area contributed by atoms with Crippen molar-refractivity contribution in [3.8, 4) is 24.0 Å². The number of ether oxygens (including phenoxy) is 1. The van der Waals surface area contributed by atoms with Gasteiger partial charge in [-0.15, -0.1) is 12.3 Å². The van der Waals surface area contributed by atoms with Gasteiger partial charge in [-0.2, -0.15) is 15.3 Å². The first-order valence-corrected chi connectivity index (χ1v) is 8.32. The SMILES string of the molecule is C#CCCC1(CCC(=O)Nc2c(C)nn(C)c2Oc2cccnc2)N=N1. The third kappa shape index (κ3) is 4.06. The molecule has 1 aliphatic rings. The Hall–Kier alpha value is -3.21. The summed E-state index contributed by atoms with van der Waals surface area (Å²) >= 11 is 0. The van der Waals surface area contributed by atoms with Crippen molar-refractivity contribution in [2.24, 2.45) is 17.3 Å². The average Bonchev–Trinajstić information content (AvgIpc) is 3.37. The number of pyridine rings is 1. The Morgan fingerprint density at radius 1 is 1.42 bits per heavy atom. The molecule has 0 unspecified atom stereocenters. The predicted molar refractivity (Wildman–Crippen MR) is 95.8 cm³/mol. The third-order valence-electron chi connectivity index (χ3n) is 4.09. The van der Waals surface area contributed by atoms with Crippen LogP contribution in [0.1, 0.15) is 31.4 Å². The van der Waals surface area contributed by atoms with Gasteiger partial charge in [0.05, 0.1) is 11.9 Å². The third-order valence-corrected chi connectivity index (χ3v) is 4.09. The van der Waals surface area contributed by atoms with Crippen molar-refractivity contribution in [2.45, 2.75) is 38.3 Å². The summed E-state index contributed by atoms with van der Waals surface area (Å²) in [5, 5.41) is 15.3. The number of aryl methyl sites for hydroxylation is 2. The number of carbonyl (C=O) groups excluding carboxylic acids is 1. The number of hydrogen-bond donors (Lipinski definition) is 1. The van der Waals surface area contributed by atoms with Crippen molar-refractivity contribution in [3.63, 3.8) is 0 Å². The maximum Gasteiger partial charge on any atom is 0.241 e. The molecule has 0 radical (unpaired) electrons. The van der Waals surface area contributed by atoms with E-state index in [1.165, 1.54) is 0 Å². The van der Waals surface area contributed by atoms with Crippen LogP contribution < -0.4 is 10.1 Å². The minimum atomic E-state index is -0.470. The van der Waals surface area contributed by atoms with Crippen LogP contribution in [0.2, 0.25) is 0 Å². The summed E-state index contributed by atoms with van der Waals surface area (Å²) in [6.45, 7) is 1.81. The fourth-order valence-corrected chi connectivity index (χ4v) is 2.60. The molecule has 0 fully saturated rings. The molecule has 0 saturated heterocycles. The summed E-state index contributed by atoms with van der Waals surface area (Å²) in [6, 6.07) is 3.56. The van der Waals surface area contributed by atoms with Crippen LogP contribution >= 0.6 is 0 Å². The standard InChI is InChI=1S/C18H20N6O2/c1-4-5-9-18(22-23-18)10-8-15(25)20-16-13(2)21-24(3)17(16)26-14-7-6-11-19-12-14/h1,6-7,11-12H,5,8-10H2,2-3H3,(H,20,25). The smallest absolute Gasteiger partial charge is 0.241 e. The molecule has 0 atom stereocenters. The molecule has 8 heteroatoms. The van der Waals surface area contributed by atoms with Crippen LogP contribution in [0.25, 0.3) is 0 Å². The second-order valence-electron chi connectivity index (χ2n) is 6.11. The minimum absolute atomic E-state index is 0.144. The van der Waals surface area contributed by atoms with Crippen molar-refractivity contribution in [3.05, 3.63) is 30.2 Å². The quantitative estimate of drug-likeness (QED) is 0.738. The second-order valence-corrected chi connectivity index (χ2v) is 6.11. The van der Waals surface area contributed by atoms with Gasteiger partial charge in [0.2, 0.25) is 11.8 Å². The van der Waals surface area contributed by atoms with Crippen molar-refractivity contribution >= 4 is 11.6 Å². The number of terminal acetylenes is 1. The Morgan fingerprint density at radius 2 is 2.23 bits per heavy atom. The number of aromatic nitrogens is 3. The number of rotatable bonds is 8. The van der Waals surface area contributed by atoms with E-state index in [4.69, 9.17) is 11.2 Å². The lowest BCUT2D eigenvalue weighted by molar-refractivity contribution is -0.116. The topological polar surface area (TPSA) is 93.8 Å². The van der Waals surface area contributed by atoms with Gasteiger partial charge in [0, 0.05) is 38.9 Å². The molecule has 3 heterocycles. The molecule has 1 aliphatic heterocycles. The molecule has 134 valence electrons. The van der Waals surface area contributed by atoms with E-state index in [-0.39, 0.29) is 12.3 Å². The normalized spacial score (nSPS) is 13.9. The van der Waals surface area contributed by atoms with E-state index < -0.39 is 5.66 Å². The van der Waals surface area contributed by atoms with Gasteiger partial charge in [-0.1, -0.05) is 0 Å². The van der Waals surface area contributed by atoms with Gasteiger partial charge in [-0.3, -0.25) is 9.78 Å². The van der Waals surface area contributed by atoms with Gasteiger partial charge in [0.25, 0.3) is 0 Å². The fourth-order valence-electron chi connectivity index (χ4n) is 2.60. The maximum absolute atomic E-state index is 12.4. The Morgan fingerprint density at radius 3 is 2.88 bits per heavy atom. The molecule has 0 aromatic carbocycles. The zero-order valence-corrected chi connectivity index (χ0v) is 14.8. The Bertz CT molecular complexity index is 860. The van der Waals surface area contributed by atoms with Crippen LogP contribution in [-0.4, -0.2) is 26.3 Å². The Balaban J connectivity index is 1.64. The highest BCUT2D eigenvalue weighted by Gasteiger charge is 2.39. The molecule has 2 aromatic rings. The largest absolute Gasteiger partial charge is 0.436 e. The first-order valence-electron chi connectivity index (χ1n) is 8.32. The van der Waals surface area contributed by atoms with E-state index in [9.17, 15) is 4.79 Å². The lowest BCUT2D eigenvalue weighted by Gasteiger charge is -2.11. The van der Waals surface area contributed by atoms with E-state index in [1.54, 1.807) is 36.3 Å². The molecule has 8 nitrogen and oxygen atoms in total. The van der Waals surface area contributed by atoms with Gasteiger partial charge in [0.1, 0.15) is 11.4 Å². The lowest BCUT2D eigenvalue weighted by atomic mass is 10.0. The number of nitrogens with zero attached hydrogens (tertiary/aromatic N) is 5. The molecular formula is C18H20N6O2. The van der Waals surface area contributed by atoms with E-state index in [0.29, 0.717) is 42.3 Å². The maximum atomic E-state index is 12.4. The van der Waals surface area contributed by atoms with Crippen LogP contribution in [0, 0.1) is 19.3 Å². The predicted octanol–water partition coefficient (Wildman–Crippen LogP) is 3.21. The van der Waals surface area contributed by atoms with Crippen molar-refractivity contribution in [1.82, 2.24) is 14.8 Å². The molecule has 2 aromatic heterocycles. The number of amides is 1. The highest BCUT2D eigenvalue weighted by molar-refractivity contribution is 5.92. The summed E-state index contributed by atoms with van der Waals surface area (Å²) in [5.74, 6) is 3.45. The van der Waals surface area contributed by atoms with Gasteiger partial charge in [-0.05, 0) is 19.1 Å². The number of nitrogens with one attached hydrogen (secondary N) is 1. The van der Waals surface area contributed by atoms with Crippen molar-refractivity contribution in [1.29, 1.82) is 0 Å². The summed E-state index contributed by atoms with van der Waals surface area (Å²) in [6.07, 6.45) is 10.6. The zero-order chi connectivity index (χ0) is 18.6. The minimum Gasteiger partial charge on any atom is -0.436 e. The Kier molecular flexibility index (Phi) is 4.98. The first kappa shape index (κ1) is 17.6. The number of carbonyl (C=O) groups is 1. The molecule has 0 saturated carbocycles. The highest BCUT2D eigenvalue weighted by Crippen LogP contribution is 2.38. The van der Waals surface area contributed by atoms with Crippen molar-refractivity contribution < 1.29 is 9.53 Å². The monoisotopic (exact) mass is 352 g/mol. The molecule has 0 spiro atoms. The molecule has 26 heavy (non-hydrogen) atoms. The number of hydrogen-bond acceptors (Lipinski definition) is 6.